The van der Waals surface area contributed by atoms with Gasteiger partial charge in [-0.05, 0) is 32.1 Å². The number of rotatable bonds is 6. The van der Waals surface area contributed by atoms with Gasteiger partial charge in [0.05, 0.1) is 12.0 Å². The summed E-state index contributed by atoms with van der Waals surface area (Å²) in [6.07, 6.45) is 4.54. The Labute approximate surface area is 113 Å². The van der Waals surface area contributed by atoms with Gasteiger partial charge in [-0.15, -0.1) is 0 Å². The van der Waals surface area contributed by atoms with Gasteiger partial charge in [-0.1, -0.05) is 12.8 Å². The highest BCUT2D eigenvalue weighted by Gasteiger charge is 2.31. The molecule has 1 saturated carbocycles. The van der Waals surface area contributed by atoms with Gasteiger partial charge in [0.1, 0.15) is 0 Å². The first-order valence-corrected chi connectivity index (χ1v) is 7.18. The van der Waals surface area contributed by atoms with Crippen molar-refractivity contribution in [1.82, 2.24) is 5.32 Å². The van der Waals surface area contributed by atoms with Crippen molar-refractivity contribution in [2.24, 2.45) is 17.8 Å². The van der Waals surface area contributed by atoms with Crippen molar-refractivity contribution in [1.29, 1.82) is 0 Å². The maximum atomic E-state index is 12.0. The van der Waals surface area contributed by atoms with Crippen LogP contribution < -0.4 is 5.32 Å². The third-order valence-corrected chi connectivity index (χ3v) is 4.04. The lowest BCUT2D eigenvalue weighted by atomic mass is 9.95. The maximum Gasteiger partial charge on any atom is 0.308 e. The number of carbonyl (C=O) groups excluding carboxylic acids is 1. The Morgan fingerprint density at radius 3 is 2.68 bits per heavy atom. The number of hydrogen-bond donors (Lipinski definition) is 2. The van der Waals surface area contributed by atoms with E-state index in [0.29, 0.717) is 18.9 Å². The van der Waals surface area contributed by atoms with Crippen LogP contribution in [0.2, 0.25) is 0 Å². The minimum Gasteiger partial charge on any atom is -0.481 e. The van der Waals surface area contributed by atoms with E-state index in [0.717, 1.165) is 25.7 Å². The van der Waals surface area contributed by atoms with Gasteiger partial charge in [-0.3, -0.25) is 9.59 Å². The zero-order chi connectivity index (χ0) is 13.8. The number of carboxylic acid groups (broad SMARTS) is 1. The molecule has 1 saturated heterocycles. The maximum absolute atomic E-state index is 12.0. The molecule has 1 aliphatic carbocycles. The van der Waals surface area contributed by atoms with E-state index in [9.17, 15) is 9.59 Å². The molecule has 0 spiro atoms. The van der Waals surface area contributed by atoms with Gasteiger partial charge in [-0.2, -0.15) is 0 Å². The van der Waals surface area contributed by atoms with Crippen LogP contribution in [0.5, 0.6) is 0 Å². The third kappa shape index (κ3) is 4.49. The van der Waals surface area contributed by atoms with Crippen LogP contribution in [0.15, 0.2) is 0 Å². The van der Waals surface area contributed by atoms with Crippen molar-refractivity contribution in [2.75, 3.05) is 13.2 Å². The van der Waals surface area contributed by atoms with E-state index < -0.39 is 11.9 Å². The predicted octanol–water partition coefficient (Wildman–Crippen LogP) is 1.42. The fraction of sp³-hybridized carbons (Fsp3) is 0.857. The van der Waals surface area contributed by atoms with Crippen molar-refractivity contribution in [3.63, 3.8) is 0 Å². The molecule has 1 amide bonds. The molecule has 0 bridgehead atoms. The Bertz CT molecular complexity index is 340. The molecule has 19 heavy (non-hydrogen) atoms. The fourth-order valence-corrected chi connectivity index (χ4v) is 2.63. The molecule has 3 unspecified atom stereocenters. The van der Waals surface area contributed by atoms with Crippen LogP contribution in [0.4, 0.5) is 0 Å². The van der Waals surface area contributed by atoms with E-state index in [-0.39, 0.29) is 24.5 Å². The van der Waals surface area contributed by atoms with E-state index in [1.54, 1.807) is 0 Å². The van der Waals surface area contributed by atoms with E-state index in [2.05, 4.69) is 5.32 Å². The summed E-state index contributed by atoms with van der Waals surface area (Å²) in [4.78, 5) is 23.1. The highest BCUT2D eigenvalue weighted by atomic mass is 16.5. The molecule has 5 nitrogen and oxygen atoms in total. The first-order valence-electron chi connectivity index (χ1n) is 7.18. The van der Waals surface area contributed by atoms with Crippen molar-refractivity contribution < 1.29 is 19.4 Å². The summed E-state index contributed by atoms with van der Waals surface area (Å²) in [7, 11) is 0. The van der Waals surface area contributed by atoms with E-state index in [1.165, 1.54) is 0 Å². The van der Waals surface area contributed by atoms with E-state index >= 15 is 0 Å². The van der Waals surface area contributed by atoms with Crippen LogP contribution in [-0.2, 0) is 14.3 Å². The van der Waals surface area contributed by atoms with Crippen LogP contribution >= 0.6 is 0 Å². The molecule has 0 radical (unpaired) electrons. The van der Waals surface area contributed by atoms with Crippen LogP contribution in [0.3, 0.4) is 0 Å². The summed E-state index contributed by atoms with van der Waals surface area (Å²) in [6, 6.07) is 0. The van der Waals surface area contributed by atoms with Crippen LogP contribution in [-0.4, -0.2) is 36.2 Å². The zero-order valence-electron chi connectivity index (χ0n) is 11.4. The summed E-state index contributed by atoms with van der Waals surface area (Å²) in [5.41, 5.74) is 0. The number of aliphatic carboxylic acids is 1. The van der Waals surface area contributed by atoms with Gasteiger partial charge < -0.3 is 15.2 Å². The van der Waals surface area contributed by atoms with Gasteiger partial charge >= 0.3 is 5.97 Å². The summed E-state index contributed by atoms with van der Waals surface area (Å²) in [5.74, 6) is -0.723. The monoisotopic (exact) mass is 269 g/mol. The number of ether oxygens (including phenoxy) is 1. The predicted molar refractivity (Wildman–Crippen MR) is 69.6 cm³/mol. The first-order chi connectivity index (χ1) is 9.06. The summed E-state index contributed by atoms with van der Waals surface area (Å²) < 4.78 is 5.41. The lowest BCUT2D eigenvalue weighted by Crippen LogP contribution is -2.40. The molecular weight excluding hydrogens is 246 g/mol. The standard InChI is InChI=1S/C14H23NO4/c1-9-6-11(4-5-19-9)13(16)15-8-12(14(17)18)7-10-2-3-10/h9-12H,2-8H2,1H3,(H,15,16)(H,17,18). The van der Waals surface area contributed by atoms with E-state index in [4.69, 9.17) is 9.84 Å². The fourth-order valence-electron chi connectivity index (χ4n) is 2.63. The van der Waals surface area contributed by atoms with Gasteiger partial charge in [0.15, 0.2) is 0 Å². The highest BCUT2D eigenvalue weighted by molar-refractivity contribution is 5.79. The zero-order valence-corrected chi connectivity index (χ0v) is 11.4. The molecule has 0 aromatic carbocycles. The number of amides is 1. The van der Waals surface area contributed by atoms with Crippen molar-refractivity contribution >= 4 is 11.9 Å². The Balaban J connectivity index is 1.75. The lowest BCUT2D eigenvalue weighted by molar-refractivity contribution is -0.142. The molecule has 1 aliphatic heterocycles. The lowest BCUT2D eigenvalue weighted by Gasteiger charge is -2.26. The highest BCUT2D eigenvalue weighted by Crippen LogP contribution is 2.35. The molecule has 2 aliphatic rings. The van der Waals surface area contributed by atoms with Crippen molar-refractivity contribution in [2.45, 2.75) is 45.1 Å². The minimum absolute atomic E-state index is 0.0165. The van der Waals surface area contributed by atoms with Crippen molar-refractivity contribution in [3.05, 3.63) is 0 Å². The van der Waals surface area contributed by atoms with Crippen LogP contribution in [0.1, 0.15) is 39.0 Å². The number of carboxylic acids is 1. The molecule has 2 fully saturated rings. The van der Waals surface area contributed by atoms with Gasteiger partial charge in [0.2, 0.25) is 5.91 Å². The minimum atomic E-state index is -0.799. The van der Waals surface area contributed by atoms with Crippen molar-refractivity contribution in [3.8, 4) is 0 Å². The van der Waals surface area contributed by atoms with E-state index in [1.807, 2.05) is 6.92 Å². The van der Waals surface area contributed by atoms with Gasteiger partial charge in [0, 0.05) is 19.1 Å². The number of carbonyl (C=O) groups is 2. The first kappa shape index (κ1) is 14.3. The van der Waals surface area contributed by atoms with Crippen LogP contribution in [0.25, 0.3) is 0 Å². The second-order valence-electron chi connectivity index (χ2n) is 5.86. The van der Waals surface area contributed by atoms with Gasteiger partial charge in [0.25, 0.3) is 0 Å². The molecular formula is C14H23NO4. The molecule has 2 N–H and O–H groups in total. The summed E-state index contributed by atoms with van der Waals surface area (Å²) >= 11 is 0. The quantitative estimate of drug-likeness (QED) is 0.764. The second-order valence-corrected chi connectivity index (χ2v) is 5.86. The Morgan fingerprint density at radius 2 is 2.11 bits per heavy atom. The number of nitrogens with one attached hydrogen (secondary N) is 1. The summed E-state index contributed by atoms with van der Waals surface area (Å²) in [6.45, 7) is 2.84. The average molecular weight is 269 g/mol. The Morgan fingerprint density at radius 1 is 1.37 bits per heavy atom. The molecule has 5 heteroatoms. The molecule has 0 aromatic rings. The molecule has 1 heterocycles. The Hall–Kier alpha value is -1.10. The second kappa shape index (κ2) is 6.37. The third-order valence-electron chi connectivity index (χ3n) is 4.04. The largest absolute Gasteiger partial charge is 0.481 e. The average Bonchev–Trinajstić information content (AvgIpc) is 3.17. The van der Waals surface area contributed by atoms with Gasteiger partial charge in [-0.25, -0.2) is 0 Å². The SMILES string of the molecule is CC1CC(C(=O)NCC(CC2CC2)C(=O)O)CCO1. The Kier molecular flexibility index (Phi) is 4.80. The summed E-state index contributed by atoms with van der Waals surface area (Å²) in [5, 5.41) is 12.0. The topological polar surface area (TPSA) is 75.6 Å². The molecule has 2 rings (SSSR count). The molecule has 108 valence electrons. The smallest absolute Gasteiger partial charge is 0.308 e. The normalized spacial score (nSPS) is 28.7. The molecule has 3 atom stereocenters. The molecule has 0 aromatic heterocycles. The number of hydrogen-bond acceptors (Lipinski definition) is 3. The van der Waals surface area contributed by atoms with Crippen LogP contribution in [0, 0.1) is 17.8 Å².